The number of nitrogens with one attached hydrogen (secondary N) is 1. The molecule has 1 heterocycles. The third kappa shape index (κ3) is 5.51. The van der Waals surface area contributed by atoms with Crippen molar-refractivity contribution in [2.75, 3.05) is 46.1 Å². The highest BCUT2D eigenvalue weighted by molar-refractivity contribution is 5.98. The molecule has 1 atom stereocenters. The maximum absolute atomic E-state index is 12.8. The van der Waals surface area contributed by atoms with Gasteiger partial charge < -0.3 is 29.2 Å². The van der Waals surface area contributed by atoms with E-state index in [4.69, 9.17) is 18.9 Å². The fourth-order valence-corrected chi connectivity index (χ4v) is 2.92. The van der Waals surface area contributed by atoms with Crippen molar-refractivity contribution in [2.24, 2.45) is 0 Å². The average molecular weight is 394 g/mol. The number of benzene rings is 1. The van der Waals surface area contributed by atoms with E-state index in [1.54, 1.807) is 24.0 Å². The van der Waals surface area contributed by atoms with Crippen LogP contribution in [-0.4, -0.2) is 68.9 Å². The predicted molar refractivity (Wildman–Crippen MR) is 104 cm³/mol. The van der Waals surface area contributed by atoms with E-state index in [0.29, 0.717) is 68.9 Å². The van der Waals surface area contributed by atoms with Crippen LogP contribution in [0.3, 0.4) is 0 Å². The lowest BCUT2D eigenvalue weighted by Gasteiger charge is -2.29. The van der Waals surface area contributed by atoms with Crippen molar-refractivity contribution in [3.8, 4) is 17.2 Å². The molecule has 1 fully saturated rings. The molecule has 156 valence electrons. The smallest absolute Gasteiger partial charge is 0.252 e. The van der Waals surface area contributed by atoms with E-state index in [2.05, 4.69) is 5.32 Å². The Balaban J connectivity index is 2.19. The van der Waals surface area contributed by atoms with Gasteiger partial charge in [0.05, 0.1) is 33.0 Å². The van der Waals surface area contributed by atoms with Gasteiger partial charge in [-0.15, -0.1) is 0 Å². The number of nitrogens with zero attached hydrogens (tertiary/aromatic N) is 1. The van der Waals surface area contributed by atoms with E-state index >= 15 is 0 Å². The summed E-state index contributed by atoms with van der Waals surface area (Å²) in [5.74, 6) is 0.845. The minimum Gasteiger partial charge on any atom is -0.490 e. The van der Waals surface area contributed by atoms with Crippen LogP contribution < -0.4 is 19.5 Å². The highest BCUT2D eigenvalue weighted by atomic mass is 16.5. The van der Waals surface area contributed by atoms with Crippen molar-refractivity contribution in [1.82, 2.24) is 10.2 Å². The number of amides is 2. The van der Waals surface area contributed by atoms with Crippen molar-refractivity contribution in [2.45, 2.75) is 33.7 Å². The first-order valence-corrected chi connectivity index (χ1v) is 9.75. The molecule has 1 aliphatic heterocycles. The fraction of sp³-hybridized carbons (Fsp3) is 0.600. The van der Waals surface area contributed by atoms with E-state index in [1.165, 1.54) is 0 Å². The van der Waals surface area contributed by atoms with Crippen molar-refractivity contribution >= 4 is 11.8 Å². The Bertz CT molecular complexity index is 646. The summed E-state index contributed by atoms with van der Waals surface area (Å²) in [4.78, 5) is 27.0. The van der Waals surface area contributed by atoms with E-state index < -0.39 is 6.04 Å². The fourth-order valence-electron chi connectivity index (χ4n) is 2.92. The minimum absolute atomic E-state index is 0.127. The molecular formula is C20H30N2O6. The molecule has 1 aromatic carbocycles. The van der Waals surface area contributed by atoms with Gasteiger partial charge in [0, 0.05) is 18.7 Å². The van der Waals surface area contributed by atoms with Crippen LogP contribution >= 0.6 is 0 Å². The first kappa shape index (κ1) is 21.8. The molecule has 0 unspecified atom stereocenters. The molecule has 8 nitrogen and oxygen atoms in total. The van der Waals surface area contributed by atoms with Gasteiger partial charge in [-0.25, -0.2) is 0 Å². The molecule has 2 rings (SSSR count). The zero-order valence-corrected chi connectivity index (χ0v) is 17.1. The molecule has 0 aromatic heterocycles. The van der Waals surface area contributed by atoms with Crippen LogP contribution in [0.25, 0.3) is 0 Å². The van der Waals surface area contributed by atoms with Crippen molar-refractivity contribution in [1.29, 1.82) is 0 Å². The molecule has 0 saturated carbocycles. The number of rotatable bonds is 9. The molecular weight excluding hydrogens is 364 g/mol. The van der Waals surface area contributed by atoms with Crippen LogP contribution in [-0.2, 0) is 9.53 Å². The Morgan fingerprint density at radius 2 is 1.57 bits per heavy atom. The number of hydrogen-bond acceptors (Lipinski definition) is 6. The van der Waals surface area contributed by atoms with Gasteiger partial charge in [0.1, 0.15) is 6.04 Å². The summed E-state index contributed by atoms with van der Waals surface area (Å²) >= 11 is 0. The van der Waals surface area contributed by atoms with Gasteiger partial charge in [0.15, 0.2) is 11.5 Å². The highest BCUT2D eigenvalue weighted by Gasteiger charge is 2.25. The Morgan fingerprint density at radius 3 is 2.07 bits per heavy atom. The van der Waals surface area contributed by atoms with Crippen LogP contribution in [0.1, 0.15) is 38.1 Å². The number of hydrogen-bond donors (Lipinski definition) is 1. The summed E-state index contributed by atoms with van der Waals surface area (Å²) in [5.41, 5.74) is 0.344. The molecule has 2 amide bonds. The molecule has 0 spiro atoms. The summed E-state index contributed by atoms with van der Waals surface area (Å²) < 4.78 is 22.2. The summed E-state index contributed by atoms with van der Waals surface area (Å²) in [6, 6.07) is 2.57. The van der Waals surface area contributed by atoms with Crippen molar-refractivity contribution in [3.05, 3.63) is 17.7 Å². The predicted octanol–water partition coefficient (Wildman–Crippen LogP) is 1.86. The Labute approximate surface area is 166 Å². The molecule has 8 heteroatoms. The molecule has 0 radical (unpaired) electrons. The second kappa shape index (κ2) is 10.8. The van der Waals surface area contributed by atoms with Gasteiger partial charge in [0.25, 0.3) is 5.91 Å². The summed E-state index contributed by atoms with van der Waals surface area (Å²) in [7, 11) is 0. The standard InChI is InChI=1S/C20H30N2O6/c1-5-26-16-12-15(13-17(27-6-2)18(16)28-7-3)19(23)21-14(4)20(24)22-8-10-25-11-9-22/h12-14H,5-11H2,1-4H3,(H,21,23)/t14-/m1/s1. The maximum Gasteiger partial charge on any atom is 0.252 e. The molecule has 1 aromatic rings. The van der Waals surface area contributed by atoms with Crippen LogP contribution in [0.4, 0.5) is 0 Å². The lowest BCUT2D eigenvalue weighted by molar-refractivity contribution is -0.136. The molecule has 0 aliphatic carbocycles. The third-order valence-electron chi connectivity index (χ3n) is 4.21. The third-order valence-corrected chi connectivity index (χ3v) is 4.21. The largest absolute Gasteiger partial charge is 0.490 e. The molecule has 1 saturated heterocycles. The maximum atomic E-state index is 12.8. The molecule has 0 bridgehead atoms. The van der Waals surface area contributed by atoms with Crippen LogP contribution in [0.15, 0.2) is 12.1 Å². The van der Waals surface area contributed by atoms with E-state index in [-0.39, 0.29) is 11.8 Å². The summed E-state index contributed by atoms with van der Waals surface area (Å²) in [6.07, 6.45) is 0. The lowest BCUT2D eigenvalue weighted by atomic mass is 10.1. The topological polar surface area (TPSA) is 86.3 Å². The van der Waals surface area contributed by atoms with Gasteiger partial charge in [-0.2, -0.15) is 0 Å². The summed E-state index contributed by atoms with van der Waals surface area (Å²) in [5, 5.41) is 2.76. The zero-order chi connectivity index (χ0) is 20.5. The Hall–Kier alpha value is -2.48. The molecule has 28 heavy (non-hydrogen) atoms. The zero-order valence-electron chi connectivity index (χ0n) is 17.1. The quantitative estimate of drug-likeness (QED) is 0.688. The van der Waals surface area contributed by atoms with Gasteiger partial charge in [-0.1, -0.05) is 0 Å². The second-order valence-electron chi connectivity index (χ2n) is 6.23. The second-order valence-corrected chi connectivity index (χ2v) is 6.23. The first-order chi connectivity index (χ1) is 13.5. The van der Waals surface area contributed by atoms with E-state index in [1.807, 2.05) is 20.8 Å². The summed E-state index contributed by atoms with van der Waals surface area (Å²) in [6.45, 7) is 10.6. The number of carbonyl (C=O) groups excluding carboxylic acids is 2. The van der Waals surface area contributed by atoms with Gasteiger partial charge in [0.2, 0.25) is 11.7 Å². The first-order valence-electron chi connectivity index (χ1n) is 9.75. The lowest BCUT2D eigenvalue weighted by Crippen LogP contribution is -2.50. The van der Waals surface area contributed by atoms with Gasteiger partial charge >= 0.3 is 0 Å². The Kier molecular flexibility index (Phi) is 8.38. The van der Waals surface area contributed by atoms with Crippen molar-refractivity contribution in [3.63, 3.8) is 0 Å². The van der Waals surface area contributed by atoms with Crippen LogP contribution in [0.2, 0.25) is 0 Å². The average Bonchev–Trinajstić information content (AvgIpc) is 2.70. The highest BCUT2D eigenvalue weighted by Crippen LogP contribution is 2.39. The van der Waals surface area contributed by atoms with Crippen molar-refractivity contribution < 1.29 is 28.5 Å². The SMILES string of the molecule is CCOc1cc(C(=O)N[C@H](C)C(=O)N2CCOCC2)cc(OCC)c1OCC. The Morgan fingerprint density at radius 1 is 1.04 bits per heavy atom. The monoisotopic (exact) mass is 394 g/mol. The van der Waals surface area contributed by atoms with Crippen LogP contribution in [0, 0.1) is 0 Å². The number of ether oxygens (including phenoxy) is 4. The number of carbonyl (C=O) groups is 2. The number of morpholine rings is 1. The van der Waals surface area contributed by atoms with Gasteiger partial charge in [-0.05, 0) is 39.8 Å². The minimum atomic E-state index is -0.650. The normalized spacial score (nSPS) is 14.9. The van der Waals surface area contributed by atoms with Gasteiger partial charge in [-0.3, -0.25) is 9.59 Å². The molecule has 1 N–H and O–H groups in total. The van der Waals surface area contributed by atoms with E-state index in [0.717, 1.165) is 0 Å². The van der Waals surface area contributed by atoms with E-state index in [9.17, 15) is 9.59 Å². The molecule has 1 aliphatic rings. The van der Waals surface area contributed by atoms with Crippen LogP contribution in [0.5, 0.6) is 17.2 Å².